The van der Waals surface area contributed by atoms with Crippen LogP contribution in [-0.2, 0) is 22.4 Å². The van der Waals surface area contributed by atoms with Gasteiger partial charge in [-0.3, -0.25) is 4.79 Å². The maximum atomic E-state index is 14.4. The largest absolute Gasteiger partial charge is 0.494 e. The molecule has 0 saturated carbocycles. The number of aliphatic hydroxyl groups excluding tert-OH is 1. The Balaban J connectivity index is 1.55. The van der Waals surface area contributed by atoms with Crippen LogP contribution in [0.15, 0.2) is 112 Å². The number of ether oxygens (including phenoxy) is 2. The fourth-order valence-corrected chi connectivity index (χ4v) is 5.41. The minimum atomic E-state index is -1.48. The highest BCUT2D eigenvalue weighted by Gasteiger charge is 2.53. The lowest BCUT2D eigenvalue weighted by molar-refractivity contribution is -0.128. The van der Waals surface area contributed by atoms with E-state index in [1.54, 1.807) is 60.7 Å². The van der Waals surface area contributed by atoms with Crippen LogP contribution in [0.5, 0.6) is 5.75 Å². The van der Waals surface area contributed by atoms with Crippen molar-refractivity contribution in [3.05, 3.63) is 140 Å². The van der Waals surface area contributed by atoms with E-state index < -0.39 is 11.6 Å². The SMILES string of the molecule is [N-]=[N+]=Nc1ccccc1[C@H]1OC(c2ccc(OCCCO)cc2)=N[C@@]1(Cc1ccc(Br)cc1)C(=O)NCCc1ccc(F)cc1. The van der Waals surface area contributed by atoms with Crippen LogP contribution in [0.1, 0.15) is 34.8 Å². The highest BCUT2D eigenvalue weighted by molar-refractivity contribution is 9.10. The molecular weight excluding hydrogens is 641 g/mol. The maximum Gasteiger partial charge on any atom is 0.252 e. The zero-order valence-corrected chi connectivity index (χ0v) is 25.9. The molecule has 1 heterocycles. The van der Waals surface area contributed by atoms with Crippen molar-refractivity contribution < 1.29 is 23.8 Å². The van der Waals surface area contributed by atoms with Gasteiger partial charge in [0.05, 0.1) is 6.61 Å². The number of aliphatic imine (C=N–C) groups is 1. The molecule has 0 unspecified atom stereocenters. The van der Waals surface area contributed by atoms with Gasteiger partial charge in [0, 0.05) is 52.2 Å². The standard InChI is InChI=1S/C34H31BrFN5O4/c35-26-12-6-24(7-13-26)22-34(33(43)38-19-18-23-8-14-27(36)15-9-23)31(29-4-1-2-5-30(29)40-41-37)45-32(39-34)25-10-16-28(17-11-25)44-21-3-20-42/h1-2,4-17,31,42H,3,18-22H2,(H,38,43)/t31-,34-/m1/s1. The van der Waals surface area contributed by atoms with Gasteiger partial charge in [-0.05, 0) is 71.6 Å². The summed E-state index contributed by atoms with van der Waals surface area (Å²) < 4.78 is 26.6. The maximum absolute atomic E-state index is 14.4. The third-order valence-corrected chi connectivity index (χ3v) is 7.93. The lowest BCUT2D eigenvalue weighted by Gasteiger charge is -2.31. The molecule has 0 spiro atoms. The van der Waals surface area contributed by atoms with E-state index in [9.17, 15) is 14.7 Å². The topological polar surface area (TPSA) is 129 Å². The molecule has 0 aliphatic carbocycles. The molecule has 9 nitrogen and oxygen atoms in total. The molecule has 0 radical (unpaired) electrons. The molecule has 0 aromatic heterocycles. The molecule has 1 aliphatic heterocycles. The second-order valence-electron chi connectivity index (χ2n) is 10.5. The first-order valence-electron chi connectivity index (χ1n) is 14.4. The van der Waals surface area contributed by atoms with Gasteiger partial charge in [0.15, 0.2) is 11.6 Å². The van der Waals surface area contributed by atoms with Crippen LogP contribution >= 0.6 is 15.9 Å². The molecule has 230 valence electrons. The van der Waals surface area contributed by atoms with Gasteiger partial charge >= 0.3 is 0 Å². The van der Waals surface area contributed by atoms with Crippen LogP contribution in [0.3, 0.4) is 0 Å². The summed E-state index contributed by atoms with van der Waals surface area (Å²) in [7, 11) is 0. The van der Waals surface area contributed by atoms with Gasteiger partial charge in [-0.2, -0.15) is 0 Å². The number of benzene rings is 4. The number of carbonyl (C=O) groups is 1. The van der Waals surface area contributed by atoms with E-state index in [1.165, 1.54) is 12.1 Å². The average Bonchev–Trinajstić information content (AvgIpc) is 3.44. The fraction of sp³-hybridized carbons (Fsp3) is 0.235. The number of hydrogen-bond acceptors (Lipinski definition) is 6. The molecule has 4 aromatic rings. The number of nitrogens with zero attached hydrogens (tertiary/aromatic N) is 4. The molecule has 1 aliphatic rings. The van der Waals surface area contributed by atoms with Gasteiger partial charge in [-0.25, -0.2) is 9.38 Å². The summed E-state index contributed by atoms with van der Waals surface area (Å²) in [6, 6.07) is 27.9. The van der Waals surface area contributed by atoms with Gasteiger partial charge in [-0.15, -0.1) is 0 Å². The Morgan fingerprint density at radius 1 is 1.04 bits per heavy atom. The molecular formula is C34H31BrFN5O4. The minimum absolute atomic E-state index is 0.0356. The molecule has 0 saturated heterocycles. The number of aliphatic hydroxyl groups is 1. The summed E-state index contributed by atoms with van der Waals surface area (Å²) in [5.74, 6) is 0.180. The first-order valence-corrected chi connectivity index (χ1v) is 15.2. The number of amides is 1. The number of rotatable bonds is 13. The quantitative estimate of drug-likeness (QED) is 0.0677. The normalized spacial score (nSPS) is 17.1. The van der Waals surface area contributed by atoms with Crippen LogP contribution < -0.4 is 10.1 Å². The monoisotopic (exact) mass is 671 g/mol. The number of nitrogens with one attached hydrogen (secondary N) is 1. The molecule has 1 amide bonds. The number of hydrogen-bond donors (Lipinski definition) is 2. The number of azide groups is 1. The van der Waals surface area contributed by atoms with Crippen LogP contribution in [-0.4, -0.2) is 42.2 Å². The fourth-order valence-electron chi connectivity index (χ4n) is 5.15. The Hall–Kier alpha value is -4.70. The van der Waals surface area contributed by atoms with Crippen molar-refractivity contribution in [2.45, 2.75) is 30.9 Å². The van der Waals surface area contributed by atoms with Crippen LogP contribution in [0, 0.1) is 5.82 Å². The summed E-state index contributed by atoms with van der Waals surface area (Å²) in [5.41, 5.74) is 11.0. The van der Waals surface area contributed by atoms with Crippen molar-refractivity contribution in [1.82, 2.24) is 5.32 Å². The van der Waals surface area contributed by atoms with E-state index in [-0.39, 0.29) is 37.2 Å². The van der Waals surface area contributed by atoms with E-state index in [2.05, 4.69) is 31.3 Å². The van der Waals surface area contributed by atoms with E-state index in [4.69, 9.17) is 19.6 Å². The van der Waals surface area contributed by atoms with Crippen molar-refractivity contribution in [3.8, 4) is 5.75 Å². The van der Waals surface area contributed by atoms with Crippen molar-refractivity contribution >= 4 is 33.4 Å². The predicted octanol–water partition coefficient (Wildman–Crippen LogP) is 7.15. The van der Waals surface area contributed by atoms with Gasteiger partial charge in [0.2, 0.25) is 5.90 Å². The van der Waals surface area contributed by atoms with Gasteiger partial charge < -0.3 is 19.9 Å². The van der Waals surface area contributed by atoms with Gasteiger partial charge in [0.25, 0.3) is 5.91 Å². The Morgan fingerprint density at radius 2 is 1.76 bits per heavy atom. The zero-order chi connectivity index (χ0) is 31.6. The summed E-state index contributed by atoms with van der Waals surface area (Å²) in [5, 5.41) is 16.0. The van der Waals surface area contributed by atoms with Gasteiger partial charge in [0.1, 0.15) is 11.6 Å². The first-order chi connectivity index (χ1) is 21.9. The third kappa shape index (κ3) is 7.69. The first kappa shape index (κ1) is 31.7. The van der Waals surface area contributed by atoms with E-state index in [0.29, 0.717) is 42.0 Å². The highest BCUT2D eigenvalue weighted by atomic mass is 79.9. The summed E-state index contributed by atoms with van der Waals surface area (Å²) >= 11 is 3.48. The van der Waals surface area contributed by atoms with Crippen molar-refractivity contribution in [2.24, 2.45) is 10.1 Å². The zero-order valence-electron chi connectivity index (χ0n) is 24.3. The molecule has 2 atom stereocenters. The van der Waals surface area contributed by atoms with Crippen molar-refractivity contribution in [2.75, 3.05) is 19.8 Å². The second kappa shape index (κ2) is 14.9. The predicted molar refractivity (Wildman–Crippen MR) is 173 cm³/mol. The Labute approximate surface area is 268 Å². The smallest absolute Gasteiger partial charge is 0.252 e. The average molecular weight is 673 g/mol. The Morgan fingerprint density at radius 3 is 2.47 bits per heavy atom. The summed E-state index contributed by atoms with van der Waals surface area (Å²) in [4.78, 5) is 22.4. The van der Waals surface area contributed by atoms with E-state index in [1.807, 2.05) is 24.3 Å². The van der Waals surface area contributed by atoms with E-state index in [0.717, 1.165) is 15.6 Å². The second-order valence-corrected chi connectivity index (χ2v) is 11.4. The molecule has 0 fully saturated rings. The lowest BCUT2D eigenvalue weighted by atomic mass is 9.81. The molecule has 2 N–H and O–H groups in total. The van der Waals surface area contributed by atoms with Crippen molar-refractivity contribution in [1.29, 1.82) is 0 Å². The molecule has 11 heteroatoms. The minimum Gasteiger partial charge on any atom is -0.494 e. The van der Waals surface area contributed by atoms with Crippen LogP contribution in [0.2, 0.25) is 0 Å². The summed E-state index contributed by atoms with van der Waals surface area (Å²) in [6.07, 6.45) is 0.238. The molecule has 45 heavy (non-hydrogen) atoms. The Kier molecular flexibility index (Phi) is 10.5. The summed E-state index contributed by atoms with van der Waals surface area (Å²) in [6.45, 7) is 0.690. The Bertz CT molecular complexity index is 1690. The third-order valence-electron chi connectivity index (χ3n) is 7.40. The molecule has 0 bridgehead atoms. The van der Waals surface area contributed by atoms with Crippen molar-refractivity contribution in [3.63, 3.8) is 0 Å². The van der Waals surface area contributed by atoms with Crippen LogP contribution in [0.4, 0.5) is 10.1 Å². The number of halogens is 2. The lowest BCUT2D eigenvalue weighted by Crippen LogP contribution is -2.50. The highest BCUT2D eigenvalue weighted by Crippen LogP contribution is 2.45. The van der Waals surface area contributed by atoms with E-state index >= 15 is 0 Å². The number of carbonyl (C=O) groups excluding carboxylic acids is 1. The molecule has 4 aromatic carbocycles. The molecule has 5 rings (SSSR count). The van der Waals surface area contributed by atoms with Crippen LogP contribution in [0.25, 0.3) is 10.4 Å². The van der Waals surface area contributed by atoms with Gasteiger partial charge in [-0.1, -0.05) is 69.6 Å².